The van der Waals surface area contributed by atoms with Crippen molar-refractivity contribution in [3.63, 3.8) is 0 Å². The number of Topliss-reactive ketones (excluding diaryl/α,β-unsaturated/α-hetero) is 1. The number of ketones is 1. The van der Waals surface area contributed by atoms with E-state index in [2.05, 4.69) is 0 Å². The maximum absolute atomic E-state index is 11.7. The fourth-order valence-corrected chi connectivity index (χ4v) is 3.08. The van der Waals surface area contributed by atoms with E-state index in [-0.39, 0.29) is 12.2 Å². The van der Waals surface area contributed by atoms with E-state index in [1.165, 1.54) is 0 Å². The Morgan fingerprint density at radius 2 is 2.06 bits per heavy atom. The molecule has 0 aromatic heterocycles. The minimum atomic E-state index is -1.19. The van der Waals surface area contributed by atoms with Crippen molar-refractivity contribution in [1.29, 1.82) is 0 Å². The summed E-state index contributed by atoms with van der Waals surface area (Å²) in [6.07, 6.45) is 3.09. The second-order valence-corrected chi connectivity index (χ2v) is 5.84. The summed E-state index contributed by atoms with van der Waals surface area (Å²) in [7, 11) is 0. The molecule has 0 aromatic rings. The van der Waals surface area contributed by atoms with Gasteiger partial charge in [-0.3, -0.25) is 4.79 Å². The lowest BCUT2D eigenvalue weighted by Gasteiger charge is -2.47. The van der Waals surface area contributed by atoms with Gasteiger partial charge in [-0.15, -0.1) is 0 Å². The van der Waals surface area contributed by atoms with Crippen LogP contribution in [0.15, 0.2) is 12.2 Å². The van der Waals surface area contributed by atoms with Crippen molar-refractivity contribution < 1.29 is 19.7 Å². The van der Waals surface area contributed by atoms with Crippen molar-refractivity contribution in [2.45, 2.75) is 50.9 Å². The predicted molar refractivity (Wildman–Crippen MR) is 62.5 cm³/mol. The molecule has 4 nitrogen and oxygen atoms in total. The molecule has 1 aliphatic heterocycles. The Morgan fingerprint density at radius 3 is 2.59 bits per heavy atom. The van der Waals surface area contributed by atoms with Gasteiger partial charge in [0.15, 0.2) is 0 Å². The first-order chi connectivity index (χ1) is 7.72. The Bertz CT molecular complexity index is 352. The number of carbonyl (C=O) groups is 1. The number of ether oxygens (including phenoxy) is 1. The van der Waals surface area contributed by atoms with Gasteiger partial charge in [0.05, 0.1) is 12.7 Å². The molecule has 1 saturated heterocycles. The Kier molecular flexibility index (Phi) is 2.73. The van der Waals surface area contributed by atoms with Crippen LogP contribution < -0.4 is 0 Å². The van der Waals surface area contributed by atoms with Crippen LogP contribution in [0.4, 0.5) is 0 Å². The molecule has 0 radical (unpaired) electrons. The molecule has 1 aliphatic carbocycles. The Hall–Kier alpha value is -0.710. The zero-order valence-corrected chi connectivity index (χ0v) is 10.6. The molecule has 1 heterocycles. The standard InChI is InChI=1S/C13H20O4/c1-9(14)4-5-13(16)11(2)6-10(15)7-12(13,3)17-8-11/h4-5,9,14,16H,6-8H2,1-3H3/t9-,11-,12?,13+/m1/s1. The second-order valence-electron chi connectivity index (χ2n) is 5.84. The zero-order chi connectivity index (χ0) is 12.9. The topological polar surface area (TPSA) is 66.8 Å². The Balaban J connectivity index is 2.42. The SMILES string of the molecule is C[C@@H](O)C=C[C@@]1(O)C2(C)CC(=O)C[C@]1(C)CO2. The third-order valence-corrected chi connectivity index (χ3v) is 4.17. The molecular formula is C13H20O4. The molecule has 2 aliphatic rings. The van der Waals surface area contributed by atoms with Crippen LogP contribution in [0.5, 0.6) is 0 Å². The van der Waals surface area contributed by atoms with E-state index >= 15 is 0 Å². The number of hydrogen-bond donors (Lipinski definition) is 2. The summed E-state index contributed by atoms with van der Waals surface area (Å²) >= 11 is 0. The normalized spacial score (nSPS) is 47.7. The van der Waals surface area contributed by atoms with Crippen molar-refractivity contribution >= 4 is 5.78 Å². The molecule has 17 heavy (non-hydrogen) atoms. The highest BCUT2D eigenvalue weighted by Gasteiger charge is 2.67. The number of carbonyl (C=O) groups excluding carboxylic acids is 1. The van der Waals surface area contributed by atoms with Gasteiger partial charge in [0.2, 0.25) is 0 Å². The number of fused-ring (bicyclic) bond motifs is 2. The summed E-state index contributed by atoms with van der Waals surface area (Å²) in [6.45, 7) is 5.63. The molecule has 2 N–H and O–H groups in total. The van der Waals surface area contributed by atoms with E-state index in [9.17, 15) is 15.0 Å². The van der Waals surface area contributed by atoms with Crippen LogP contribution in [0.1, 0.15) is 33.6 Å². The lowest BCUT2D eigenvalue weighted by atomic mass is 9.59. The fourth-order valence-electron chi connectivity index (χ4n) is 3.08. The Labute approximate surface area is 101 Å². The van der Waals surface area contributed by atoms with Crippen LogP contribution >= 0.6 is 0 Å². The van der Waals surface area contributed by atoms with Crippen LogP contribution in [0, 0.1) is 5.41 Å². The van der Waals surface area contributed by atoms with Gasteiger partial charge in [0.25, 0.3) is 0 Å². The van der Waals surface area contributed by atoms with Crippen LogP contribution in [-0.4, -0.2) is 39.9 Å². The van der Waals surface area contributed by atoms with Gasteiger partial charge in [0.1, 0.15) is 17.0 Å². The van der Waals surface area contributed by atoms with E-state index in [1.54, 1.807) is 26.0 Å². The minimum absolute atomic E-state index is 0.127. The molecule has 0 aromatic carbocycles. The number of aliphatic hydroxyl groups is 2. The minimum Gasteiger partial charge on any atom is -0.389 e. The van der Waals surface area contributed by atoms with E-state index in [0.29, 0.717) is 13.0 Å². The van der Waals surface area contributed by atoms with Crippen molar-refractivity contribution in [3.05, 3.63) is 12.2 Å². The van der Waals surface area contributed by atoms with Crippen molar-refractivity contribution in [1.82, 2.24) is 0 Å². The highest BCUT2D eigenvalue weighted by molar-refractivity contribution is 5.82. The molecule has 2 fully saturated rings. The highest BCUT2D eigenvalue weighted by atomic mass is 16.5. The van der Waals surface area contributed by atoms with Gasteiger partial charge in [-0.1, -0.05) is 19.1 Å². The first-order valence-electron chi connectivity index (χ1n) is 5.98. The summed E-state index contributed by atoms with van der Waals surface area (Å²) in [6, 6.07) is 0. The van der Waals surface area contributed by atoms with E-state index < -0.39 is 22.7 Å². The second kappa shape index (κ2) is 3.64. The summed E-state index contributed by atoms with van der Waals surface area (Å²) in [5.41, 5.74) is -2.66. The summed E-state index contributed by atoms with van der Waals surface area (Å²) < 4.78 is 5.68. The van der Waals surface area contributed by atoms with Crippen LogP contribution in [-0.2, 0) is 9.53 Å². The monoisotopic (exact) mass is 240 g/mol. The molecule has 2 bridgehead atoms. The summed E-state index contributed by atoms with van der Waals surface area (Å²) in [5, 5.41) is 20.2. The van der Waals surface area contributed by atoms with Crippen LogP contribution in [0.2, 0.25) is 0 Å². The summed E-state index contributed by atoms with van der Waals surface area (Å²) in [4.78, 5) is 11.7. The van der Waals surface area contributed by atoms with Gasteiger partial charge < -0.3 is 14.9 Å². The predicted octanol–water partition coefficient (Wildman–Crippen LogP) is 0.813. The lowest BCUT2D eigenvalue weighted by Crippen LogP contribution is -2.60. The van der Waals surface area contributed by atoms with E-state index in [1.807, 2.05) is 6.92 Å². The van der Waals surface area contributed by atoms with E-state index in [0.717, 1.165) is 0 Å². The molecular weight excluding hydrogens is 220 g/mol. The average molecular weight is 240 g/mol. The quantitative estimate of drug-likeness (QED) is 0.701. The van der Waals surface area contributed by atoms with E-state index in [4.69, 9.17) is 4.74 Å². The fraction of sp³-hybridized carbons (Fsp3) is 0.769. The molecule has 0 spiro atoms. The lowest BCUT2D eigenvalue weighted by molar-refractivity contribution is -0.151. The van der Waals surface area contributed by atoms with Crippen LogP contribution in [0.25, 0.3) is 0 Å². The molecule has 4 atom stereocenters. The smallest absolute Gasteiger partial charge is 0.136 e. The summed E-state index contributed by atoms with van der Waals surface area (Å²) in [5.74, 6) is 0.127. The first-order valence-corrected chi connectivity index (χ1v) is 5.98. The largest absolute Gasteiger partial charge is 0.389 e. The van der Waals surface area contributed by atoms with Gasteiger partial charge >= 0.3 is 0 Å². The van der Waals surface area contributed by atoms with Crippen molar-refractivity contribution in [2.24, 2.45) is 5.41 Å². The molecule has 4 heteroatoms. The molecule has 96 valence electrons. The van der Waals surface area contributed by atoms with Crippen molar-refractivity contribution in [3.8, 4) is 0 Å². The van der Waals surface area contributed by atoms with Gasteiger partial charge in [-0.25, -0.2) is 0 Å². The van der Waals surface area contributed by atoms with Gasteiger partial charge in [-0.05, 0) is 13.8 Å². The van der Waals surface area contributed by atoms with Crippen LogP contribution in [0.3, 0.4) is 0 Å². The van der Waals surface area contributed by atoms with Gasteiger partial charge in [0, 0.05) is 18.3 Å². The first kappa shape index (κ1) is 12.7. The molecule has 0 amide bonds. The number of hydrogen-bond acceptors (Lipinski definition) is 4. The zero-order valence-electron chi connectivity index (χ0n) is 10.6. The Morgan fingerprint density at radius 1 is 1.41 bits per heavy atom. The van der Waals surface area contributed by atoms with Crippen molar-refractivity contribution in [2.75, 3.05) is 6.61 Å². The highest BCUT2D eigenvalue weighted by Crippen LogP contribution is 2.56. The number of aliphatic hydroxyl groups excluding tert-OH is 1. The van der Waals surface area contributed by atoms with Gasteiger partial charge in [-0.2, -0.15) is 0 Å². The molecule has 1 unspecified atom stereocenters. The maximum Gasteiger partial charge on any atom is 0.136 e. The molecule has 1 saturated carbocycles. The number of rotatable bonds is 2. The third-order valence-electron chi connectivity index (χ3n) is 4.17. The maximum atomic E-state index is 11.7. The average Bonchev–Trinajstić information content (AvgIpc) is 2.33. The third kappa shape index (κ3) is 1.66. The molecule has 2 rings (SSSR count).